The lowest BCUT2D eigenvalue weighted by Crippen LogP contribution is -2.35. The molecule has 0 aromatic carbocycles. The second kappa shape index (κ2) is 6.61. The average molecular weight is 225 g/mol. The molecule has 2 heteroatoms. The Morgan fingerprint density at radius 3 is 2.56 bits per heavy atom. The Hall–Kier alpha value is -0.0800. The Morgan fingerprint density at radius 2 is 1.81 bits per heavy atom. The molecule has 0 heterocycles. The van der Waals surface area contributed by atoms with Crippen molar-refractivity contribution in [2.75, 3.05) is 13.2 Å². The smallest absolute Gasteiger partial charge is 0.0431 e. The molecule has 2 rings (SSSR count). The van der Waals surface area contributed by atoms with Crippen LogP contribution in [0, 0.1) is 11.8 Å². The number of aliphatic hydroxyl groups is 1. The van der Waals surface area contributed by atoms with E-state index in [0.717, 1.165) is 30.8 Å². The monoisotopic (exact) mass is 225 g/mol. The van der Waals surface area contributed by atoms with Gasteiger partial charge in [0.05, 0.1) is 0 Å². The van der Waals surface area contributed by atoms with Gasteiger partial charge in [0.2, 0.25) is 0 Å². The summed E-state index contributed by atoms with van der Waals surface area (Å²) >= 11 is 0. The molecule has 2 unspecified atom stereocenters. The number of nitrogens with one attached hydrogen (secondary N) is 1. The van der Waals surface area contributed by atoms with Crippen LogP contribution in [0.4, 0.5) is 0 Å². The number of unbranched alkanes of at least 4 members (excludes halogenated alkanes) is 2. The molecule has 2 aliphatic rings. The lowest BCUT2D eigenvalue weighted by atomic mass is 9.82. The highest BCUT2D eigenvalue weighted by Crippen LogP contribution is 2.43. The fourth-order valence-electron chi connectivity index (χ4n) is 3.13. The van der Waals surface area contributed by atoms with Crippen molar-refractivity contribution in [2.45, 2.75) is 63.8 Å². The van der Waals surface area contributed by atoms with E-state index in [4.69, 9.17) is 5.11 Å². The van der Waals surface area contributed by atoms with Crippen molar-refractivity contribution in [3.8, 4) is 0 Å². The number of hydrogen-bond donors (Lipinski definition) is 2. The summed E-state index contributed by atoms with van der Waals surface area (Å²) in [5, 5.41) is 12.4. The van der Waals surface area contributed by atoms with Gasteiger partial charge in [-0.25, -0.2) is 0 Å². The van der Waals surface area contributed by atoms with E-state index >= 15 is 0 Å². The molecular weight excluding hydrogens is 198 g/mol. The van der Waals surface area contributed by atoms with Gasteiger partial charge in [-0.3, -0.25) is 0 Å². The molecule has 0 spiro atoms. The summed E-state index contributed by atoms with van der Waals surface area (Å²) in [4.78, 5) is 0. The highest BCUT2D eigenvalue weighted by Gasteiger charge is 2.34. The van der Waals surface area contributed by atoms with E-state index in [9.17, 15) is 0 Å². The number of aliphatic hydroxyl groups excluding tert-OH is 1. The van der Waals surface area contributed by atoms with Crippen LogP contribution in [0.2, 0.25) is 0 Å². The molecule has 0 bridgehead atoms. The number of hydrogen-bond acceptors (Lipinski definition) is 2. The van der Waals surface area contributed by atoms with Gasteiger partial charge in [-0.05, 0) is 63.3 Å². The fraction of sp³-hybridized carbons (Fsp3) is 1.00. The fourth-order valence-corrected chi connectivity index (χ4v) is 3.13. The van der Waals surface area contributed by atoms with E-state index in [0.29, 0.717) is 6.61 Å². The van der Waals surface area contributed by atoms with Crippen LogP contribution >= 0.6 is 0 Å². The van der Waals surface area contributed by atoms with Crippen LogP contribution in [-0.2, 0) is 0 Å². The SMILES string of the molecule is OCCCCCNC1CCCC(C2CC2)C1. The predicted octanol–water partition coefficient (Wildman–Crippen LogP) is 2.71. The third-order valence-corrected chi connectivity index (χ3v) is 4.27. The van der Waals surface area contributed by atoms with Gasteiger partial charge >= 0.3 is 0 Å². The Kier molecular flexibility index (Phi) is 5.11. The molecule has 2 atom stereocenters. The third kappa shape index (κ3) is 4.06. The highest BCUT2D eigenvalue weighted by atomic mass is 16.2. The van der Waals surface area contributed by atoms with Crippen LogP contribution in [0.25, 0.3) is 0 Å². The topological polar surface area (TPSA) is 32.3 Å². The minimum atomic E-state index is 0.354. The van der Waals surface area contributed by atoms with Crippen molar-refractivity contribution < 1.29 is 5.11 Å². The Morgan fingerprint density at radius 1 is 0.938 bits per heavy atom. The van der Waals surface area contributed by atoms with Gasteiger partial charge in [0.15, 0.2) is 0 Å². The van der Waals surface area contributed by atoms with Gasteiger partial charge < -0.3 is 10.4 Å². The van der Waals surface area contributed by atoms with Crippen LogP contribution < -0.4 is 5.32 Å². The first-order chi connectivity index (χ1) is 7.90. The Bertz CT molecular complexity index is 191. The van der Waals surface area contributed by atoms with Crippen LogP contribution in [0.5, 0.6) is 0 Å². The maximum absolute atomic E-state index is 8.70. The van der Waals surface area contributed by atoms with Crippen LogP contribution in [-0.4, -0.2) is 24.3 Å². The molecule has 2 saturated carbocycles. The van der Waals surface area contributed by atoms with E-state index in [1.807, 2.05) is 0 Å². The minimum absolute atomic E-state index is 0.354. The molecule has 0 aromatic heterocycles. The summed E-state index contributed by atoms with van der Waals surface area (Å²) in [6.45, 7) is 1.51. The molecule has 0 amide bonds. The quantitative estimate of drug-likeness (QED) is 0.653. The molecule has 94 valence electrons. The van der Waals surface area contributed by atoms with Crippen LogP contribution in [0.1, 0.15) is 57.8 Å². The molecule has 2 fully saturated rings. The third-order valence-electron chi connectivity index (χ3n) is 4.27. The van der Waals surface area contributed by atoms with Crippen LogP contribution in [0.3, 0.4) is 0 Å². The van der Waals surface area contributed by atoms with Crippen molar-refractivity contribution in [1.29, 1.82) is 0 Å². The first kappa shape index (κ1) is 12.4. The van der Waals surface area contributed by atoms with Crippen LogP contribution in [0.15, 0.2) is 0 Å². The molecule has 2 nitrogen and oxygen atoms in total. The lowest BCUT2D eigenvalue weighted by molar-refractivity contribution is 0.257. The average Bonchev–Trinajstić information content (AvgIpc) is 3.13. The zero-order valence-corrected chi connectivity index (χ0v) is 10.5. The molecular formula is C14H27NO. The first-order valence-corrected chi connectivity index (χ1v) is 7.24. The molecule has 2 N–H and O–H groups in total. The normalized spacial score (nSPS) is 30.6. The summed E-state index contributed by atoms with van der Waals surface area (Å²) in [7, 11) is 0. The summed E-state index contributed by atoms with van der Waals surface area (Å²) in [6, 6.07) is 0.800. The number of rotatable bonds is 7. The van der Waals surface area contributed by atoms with Gasteiger partial charge in [0, 0.05) is 12.6 Å². The zero-order chi connectivity index (χ0) is 11.2. The minimum Gasteiger partial charge on any atom is -0.396 e. The van der Waals surface area contributed by atoms with E-state index < -0.39 is 0 Å². The molecule has 2 aliphatic carbocycles. The maximum atomic E-state index is 8.70. The van der Waals surface area contributed by atoms with Gasteiger partial charge in [-0.2, -0.15) is 0 Å². The van der Waals surface area contributed by atoms with E-state index in [-0.39, 0.29) is 0 Å². The van der Waals surface area contributed by atoms with Crippen molar-refractivity contribution in [3.63, 3.8) is 0 Å². The Balaban J connectivity index is 1.54. The highest BCUT2D eigenvalue weighted by molar-refractivity contribution is 4.87. The summed E-state index contributed by atoms with van der Waals surface area (Å²) < 4.78 is 0. The van der Waals surface area contributed by atoms with E-state index in [1.165, 1.54) is 51.4 Å². The van der Waals surface area contributed by atoms with Crippen molar-refractivity contribution in [1.82, 2.24) is 5.32 Å². The molecule has 0 saturated heterocycles. The molecule has 0 radical (unpaired) electrons. The predicted molar refractivity (Wildman–Crippen MR) is 67.4 cm³/mol. The zero-order valence-electron chi connectivity index (χ0n) is 10.5. The standard InChI is InChI=1S/C14H27NO/c16-10-3-1-2-9-15-14-6-4-5-13(11-14)12-7-8-12/h12-16H,1-11H2. The van der Waals surface area contributed by atoms with E-state index in [2.05, 4.69) is 5.32 Å². The van der Waals surface area contributed by atoms with E-state index in [1.54, 1.807) is 0 Å². The van der Waals surface area contributed by atoms with Gasteiger partial charge in [0.25, 0.3) is 0 Å². The summed E-state index contributed by atoms with van der Waals surface area (Å²) in [6.07, 6.45) is 12.1. The van der Waals surface area contributed by atoms with Crippen molar-refractivity contribution in [3.05, 3.63) is 0 Å². The molecule has 16 heavy (non-hydrogen) atoms. The van der Waals surface area contributed by atoms with Crippen molar-refractivity contribution in [2.24, 2.45) is 11.8 Å². The second-order valence-electron chi connectivity index (χ2n) is 5.70. The van der Waals surface area contributed by atoms with Gasteiger partial charge in [0.1, 0.15) is 0 Å². The summed E-state index contributed by atoms with van der Waals surface area (Å²) in [5.74, 6) is 2.14. The summed E-state index contributed by atoms with van der Waals surface area (Å²) in [5.41, 5.74) is 0. The largest absolute Gasteiger partial charge is 0.396 e. The second-order valence-corrected chi connectivity index (χ2v) is 5.70. The van der Waals surface area contributed by atoms with Crippen molar-refractivity contribution >= 4 is 0 Å². The molecule has 0 aliphatic heterocycles. The first-order valence-electron chi connectivity index (χ1n) is 7.24. The molecule has 0 aromatic rings. The lowest BCUT2D eigenvalue weighted by Gasteiger charge is -2.30. The Labute approximate surface area is 99.8 Å². The van der Waals surface area contributed by atoms with Gasteiger partial charge in [-0.1, -0.05) is 12.8 Å². The van der Waals surface area contributed by atoms with Gasteiger partial charge in [-0.15, -0.1) is 0 Å². The maximum Gasteiger partial charge on any atom is 0.0431 e.